The third kappa shape index (κ3) is 5.48. The van der Waals surface area contributed by atoms with Gasteiger partial charge >= 0.3 is 12.1 Å². The minimum atomic E-state index is -5.08. The number of benzene rings is 1. The Morgan fingerprint density at radius 3 is 2.44 bits per heavy atom. The van der Waals surface area contributed by atoms with Crippen LogP contribution in [-0.2, 0) is 4.79 Å². The van der Waals surface area contributed by atoms with E-state index in [0.717, 1.165) is 0 Å². The summed E-state index contributed by atoms with van der Waals surface area (Å²) in [7, 11) is 0. The molecule has 144 valence electrons. The van der Waals surface area contributed by atoms with Gasteiger partial charge in [0.2, 0.25) is 0 Å². The quantitative estimate of drug-likeness (QED) is 0.700. The minimum absolute atomic E-state index is 0.223. The maximum absolute atomic E-state index is 12.5. The first-order valence-corrected chi connectivity index (χ1v) is 8.02. The Morgan fingerprint density at radius 1 is 1.19 bits per heavy atom. The van der Waals surface area contributed by atoms with E-state index in [2.05, 4.69) is 4.98 Å². The molecule has 0 atom stereocenters. The van der Waals surface area contributed by atoms with Crippen LogP contribution in [0.15, 0.2) is 36.4 Å². The molecule has 0 fully saturated rings. The number of alkyl halides is 3. The van der Waals surface area contributed by atoms with Gasteiger partial charge in [0.1, 0.15) is 23.2 Å². The van der Waals surface area contributed by atoms with E-state index in [9.17, 15) is 18.0 Å². The summed E-state index contributed by atoms with van der Waals surface area (Å²) in [6, 6.07) is 10.1. The van der Waals surface area contributed by atoms with Crippen LogP contribution in [0.5, 0.6) is 5.75 Å². The Balaban J connectivity index is 0.000000321. The zero-order valence-corrected chi connectivity index (χ0v) is 14.8. The van der Waals surface area contributed by atoms with Gasteiger partial charge in [0.25, 0.3) is 5.91 Å². The van der Waals surface area contributed by atoms with Crippen LogP contribution in [0.1, 0.15) is 10.5 Å². The molecule has 0 unspecified atom stereocenters. The summed E-state index contributed by atoms with van der Waals surface area (Å²) < 4.78 is 37.3. The Hall–Kier alpha value is -2.52. The molecule has 2 aromatic rings. The molecule has 0 aliphatic carbocycles. The average molecular weight is 423 g/mol. The number of carboxylic acid groups (broad SMARTS) is 1. The average Bonchev–Trinajstić information content (AvgIpc) is 2.60. The van der Waals surface area contributed by atoms with Crippen molar-refractivity contribution in [2.24, 2.45) is 0 Å². The second-order valence-corrected chi connectivity index (χ2v) is 5.89. The molecule has 1 N–H and O–H groups in total. The number of aliphatic carboxylic acids is 1. The van der Waals surface area contributed by atoms with Gasteiger partial charge in [-0.15, -0.1) is 0 Å². The van der Waals surface area contributed by atoms with Crippen LogP contribution in [0.25, 0.3) is 0 Å². The molecule has 1 aromatic heterocycles. The van der Waals surface area contributed by atoms with Gasteiger partial charge in [-0.25, -0.2) is 9.78 Å². The lowest BCUT2D eigenvalue weighted by Gasteiger charge is -2.29. The fraction of sp³-hybridized carbons (Fsp3) is 0.188. The maximum atomic E-state index is 12.5. The van der Waals surface area contributed by atoms with Gasteiger partial charge in [-0.05, 0) is 30.3 Å². The maximum Gasteiger partial charge on any atom is 0.490 e. The fourth-order valence-electron chi connectivity index (χ4n) is 2.07. The summed E-state index contributed by atoms with van der Waals surface area (Å²) in [5.74, 6) is -2.34. The van der Waals surface area contributed by atoms with Crippen LogP contribution in [-0.4, -0.2) is 41.3 Å². The molecule has 0 saturated heterocycles. The molecule has 0 bridgehead atoms. The molecule has 1 aliphatic rings. The monoisotopic (exact) mass is 422 g/mol. The van der Waals surface area contributed by atoms with Crippen molar-refractivity contribution in [2.45, 2.75) is 6.18 Å². The molecular weight excluding hydrogens is 412 g/mol. The lowest BCUT2D eigenvalue weighted by Crippen LogP contribution is -2.38. The standard InChI is InChI=1S/C14H10Cl2N2O2.C2HF3O2/c15-9-4-5-12-11(8-9)18(6-7-20-12)14(19)10-2-1-3-13(16)17-10;3-2(4,5)1(6)7/h1-5,8H,6-7H2;(H,6,7). The number of hydrogen-bond donors (Lipinski definition) is 1. The van der Waals surface area contributed by atoms with Gasteiger partial charge < -0.3 is 14.7 Å². The summed E-state index contributed by atoms with van der Waals surface area (Å²) in [4.78, 5) is 27.1. The highest BCUT2D eigenvalue weighted by Crippen LogP contribution is 2.34. The lowest BCUT2D eigenvalue weighted by molar-refractivity contribution is -0.192. The zero-order valence-electron chi connectivity index (χ0n) is 13.3. The fourth-order valence-corrected chi connectivity index (χ4v) is 2.40. The molecule has 27 heavy (non-hydrogen) atoms. The normalized spacial score (nSPS) is 13.0. The first-order chi connectivity index (χ1) is 12.6. The number of aromatic nitrogens is 1. The predicted molar refractivity (Wildman–Crippen MR) is 91.6 cm³/mol. The van der Waals surface area contributed by atoms with Crippen molar-refractivity contribution in [2.75, 3.05) is 18.1 Å². The van der Waals surface area contributed by atoms with Gasteiger partial charge in [-0.2, -0.15) is 13.2 Å². The number of fused-ring (bicyclic) bond motifs is 1. The summed E-state index contributed by atoms with van der Waals surface area (Å²) in [6.07, 6.45) is -5.08. The summed E-state index contributed by atoms with van der Waals surface area (Å²) >= 11 is 11.8. The van der Waals surface area contributed by atoms with E-state index in [-0.39, 0.29) is 11.1 Å². The number of hydrogen-bond acceptors (Lipinski definition) is 4. The first-order valence-electron chi connectivity index (χ1n) is 7.26. The largest absolute Gasteiger partial charge is 0.490 e. The minimum Gasteiger partial charge on any atom is -0.490 e. The Morgan fingerprint density at radius 2 is 1.85 bits per heavy atom. The van der Waals surface area contributed by atoms with E-state index >= 15 is 0 Å². The Kier molecular flexibility index (Phi) is 6.50. The highest BCUT2D eigenvalue weighted by atomic mass is 35.5. The molecular formula is C16H11Cl2F3N2O4. The third-order valence-corrected chi connectivity index (χ3v) is 3.65. The molecule has 1 amide bonds. The van der Waals surface area contributed by atoms with Gasteiger partial charge in [-0.3, -0.25) is 4.79 Å². The summed E-state index contributed by atoms with van der Waals surface area (Å²) in [6.45, 7) is 0.876. The smallest absolute Gasteiger partial charge is 0.490 e. The van der Waals surface area contributed by atoms with E-state index in [0.29, 0.717) is 35.3 Å². The first kappa shape index (κ1) is 20.8. The highest BCUT2D eigenvalue weighted by molar-refractivity contribution is 6.31. The van der Waals surface area contributed by atoms with Gasteiger partial charge in [0, 0.05) is 5.02 Å². The Labute approximate surface area is 161 Å². The van der Waals surface area contributed by atoms with E-state index in [1.807, 2.05) is 0 Å². The van der Waals surface area contributed by atoms with E-state index in [1.165, 1.54) is 0 Å². The topological polar surface area (TPSA) is 79.7 Å². The molecule has 11 heteroatoms. The number of amides is 1. The van der Waals surface area contributed by atoms with Crippen molar-refractivity contribution < 1.29 is 32.6 Å². The molecule has 3 rings (SSSR count). The summed E-state index contributed by atoms with van der Waals surface area (Å²) in [5, 5.41) is 7.96. The number of nitrogens with zero attached hydrogens (tertiary/aromatic N) is 2. The molecule has 1 aromatic carbocycles. The molecule has 1 aliphatic heterocycles. The number of ether oxygens (including phenoxy) is 1. The van der Waals surface area contributed by atoms with Crippen LogP contribution >= 0.6 is 23.2 Å². The van der Waals surface area contributed by atoms with E-state index in [1.54, 1.807) is 41.3 Å². The van der Waals surface area contributed by atoms with Crippen LogP contribution in [0.4, 0.5) is 18.9 Å². The third-order valence-electron chi connectivity index (χ3n) is 3.21. The van der Waals surface area contributed by atoms with Crippen LogP contribution in [0.2, 0.25) is 10.2 Å². The van der Waals surface area contributed by atoms with Crippen molar-refractivity contribution in [3.05, 3.63) is 52.3 Å². The predicted octanol–water partition coefficient (Wildman–Crippen LogP) is 4.06. The number of carbonyl (C=O) groups is 2. The number of carbonyl (C=O) groups excluding carboxylic acids is 1. The van der Waals surface area contributed by atoms with Gasteiger partial charge in [0.15, 0.2) is 0 Å². The SMILES string of the molecule is O=C(O)C(F)(F)F.O=C(c1cccc(Cl)n1)N1CCOc2ccc(Cl)cc21. The molecule has 2 heterocycles. The van der Waals surface area contributed by atoms with E-state index in [4.69, 9.17) is 37.8 Å². The molecule has 0 radical (unpaired) electrons. The number of pyridine rings is 1. The van der Waals surface area contributed by atoms with Crippen molar-refractivity contribution >= 4 is 40.8 Å². The van der Waals surface area contributed by atoms with Crippen molar-refractivity contribution in [3.8, 4) is 5.75 Å². The summed E-state index contributed by atoms with van der Waals surface area (Å²) in [5.41, 5.74) is 0.945. The lowest BCUT2D eigenvalue weighted by atomic mass is 10.2. The van der Waals surface area contributed by atoms with Crippen molar-refractivity contribution in [1.82, 2.24) is 4.98 Å². The van der Waals surface area contributed by atoms with Gasteiger partial charge in [0.05, 0.1) is 12.2 Å². The van der Waals surface area contributed by atoms with Crippen LogP contribution in [0.3, 0.4) is 0 Å². The zero-order chi connectivity index (χ0) is 20.2. The number of rotatable bonds is 1. The van der Waals surface area contributed by atoms with E-state index < -0.39 is 12.1 Å². The van der Waals surface area contributed by atoms with Crippen molar-refractivity contribution in [3.63, 3.8) is 0 Å². The van der Waals surface area contributed by atoms with Crippen LogP contribution < -0.4 is 9.64 Å². The second kappa shape index (κ2) is 8.45. The molecule has 6 nitrogen and oxygen atoms in total. The van der Waals surface area contributed by atoms with Gasteiger partial charge in [-0.1, -0.05) is 29.3 Å². The number of anilines is 1. The number of carboxylic acids is 1. The molecule has 0 spiro atoms. The highest BCUT2D eigenvalue weighted by Gasteiger charge is 2.38. The number of halogens is 5. The van der Waals surface area contributed by atoms with Crippen molar-refractivity contribution in [1.29, 1.82) is 0 Å². The molecule has 0 saturated carbocycles. The Bertz CT molecular complexity index is 862. The van der Waals surface area contributed by atoms with Crippen LogP contribution in [0, 0.1) is 0 Å². The second-order valence-electron chi connectivity index (χ2n) is 5.07.